The van der Waals surface area contributed by atoms with E-state index in [1.807, 2.05) is 0 Å². The zero-order chi connectivity index (χ0) is 19.5. The summed E-state index contributed by atoms with van der Waals surface area (Å²) in [4.78, 5) is 37.0. The average molecular weight is 383 g/mol. The monoisotopic (exact) mass is 383 g/mol. The van der Waals surface area contributed by atoms with E-state index >= 15 is 0 Å². The minimum Gasteiger partial charge on any atom is -0.356 e. The fourth-order valence-corrected chi connectivity index (χ4v) is 3.72. The summed E-state index contributed by atoms with van der Waals surface area (Å²) in [7, 11) is 0. The van der Waals surface area contributed by atoms with Crippen LogP contribution in [0.3, 0.4) is 0 Å². The van der Waals surface area contributed by atoms with E-state index in [1.54, 1.807) is 18.2 Å². The van der Waals surface area contributed by atoms with Gasteiger partial charge in [-0.15, -0.1) is 0 Å². The molecule has 0 spiro atoms. The van der Waals surface area contributed by atoms with E-state index in [-0.39, 0.29) is 24.8 Å². The summed E-state index contributed by atoms with van der Waals surface area (Å²) in [5.41, 5.74) is 0.467. The van der Waals surface area contributed by atoms with Crippen molar-refractivity contribution in [3.63, 3.8) is 0 Å². The Hall–Kier alpha value is -3.03. The van der Waals surface area contributed by atoms with Crippen molar-refractivity contribution in [3.8, 4) is 0 Å². The molecule has 1 aromatic carbocycles. The number of hydrogen-bond donors (Lipinski definition) is 1. The van der Waals surface area contributed by atoms with Crippen molar-refractivity contribution in [2.75, 3.05) is 34.8 Å². The molecule has 2 aromatic rings. The molecular weight excluding hydrogens is 361 g/mol. The third kappa shape index (κ3) is 3.95. The molecule has 2 fully saturated rings. The van der Waals surface area contributed by atoms with Crippen molar-refractivity contribution in [1.82, 2.24) is 9.97 Å². The molecule has 0 saturated carbocycles. The lowest BCUT2D eigenvalue weighted by Gasteiger charge is -2.27. The van der Waals surface area contributed by atoms with Crippen molar-refractivity contribution >= 4 is 29.1 Å². The van der Waals surface area contributed by atoms with Gasteiger partial charge in [-0.2, -0.15) is 0 Å². The van der Waals surface area contributed by atoms with Crippen molar-refractivity contribution in [2.45, 2.75) is 25.7 Å². The van der Waals surface area contributed by atoms with Crippen LogP contribution in [0.4, 0.5) is 21.7 Å². The fraction of sp³-hybridized carbons (Fsp3) is 0.400. The maximum atomic E-state index is 13.4. The molecule has 3 heterocycles. The van der Waals surface area contributed by atoms with Crippen LogP contribution in [0.15, 0.2) is 36.7 Å². The van der Waals surface area contributed by atoms with Crippen LogP contribution in [0.25, 0.3) is 0 Å². The predicted octanol–water partition coefficient (Wildman–Crippen LogP) is 2.60. The van der Waals surface area contributed by atoms with Crippen molar-refractivity contribution in [1.29, 1.82) is 0 Å². The Balaban J connectivity index is 1.42. The standard InChI is InChI=1S/C20H22FN5O2/c21-15-5-4-6-16(10-15)26-12-14(9-19(26)27)20(28)24-17-11-18(23-13-22-17)25-7-2-1-3-8-25/h4-6,10-11,13-14H,1-3,7-9,12H2,(H,22,23,24,28)/t14-/m0/s1. The van der Waals surface area contributed by atoms with Gasteiger partial charge in [0.2, 0.25) is 11.8 Å². The minimum atomic E-state index is -0.510. The summed E-state index contributed by atoms with van der Waals surface area (Å²) in [6.07, 6.45) is 5.02. The topological polar surface area (TPSA) is 78.4 Å². The number of aromatic nitrogens is 2. The summed E-state index contributed by atoms with van der Waals surface area (Å²) in [5.74, 6) is -0.155. The lowest BCUT2D eigenvalue weighted by Crippen LogP contribution is -2.31. The van der Waals surface area contributed by atoms with Crippen LogP contribution in [0.5, 0.6) is 0 Å². The highest BCUT2D eigenvalue weighted by Crippen LogP contribution is 2.27. The van der Waals surface area contributed by atoms with E-state index in [2.05, 4.69) is 20.2 Å². The Morgan fingerprint density at radius 2 is 1.96 bits per heavy atom. The number of halogens is 1. The van der Waals surface area contributed by atoms with Crippen molar-refractivity contribution < 1.29 is 14.0 Å². The first-order chi connectivity index (χ1) is 13.6. The number of nitrogens with one attached hydrogen (secondary N) is 1. The van der Waals surface area contributed by atoms with Gasteiger partial charge in [0.1, 0.15) is 23.8 Å². The van der Waals surface area contributed by atoms with E-state index in [9.17, 15) is 14.0 Å². The van der Waals surface area contributed by atoms with Gasteiger partial charge in [-0.05, 0) is 37.5 Å². The van der Waals surface area contributed by atoms with Gasteiger partial charge in [-0.25, -0.2) is 14.4 Å². The van der Waals surface area contributed by atoms with Gasteiger partial charge in [0.05, 0.1) is 5.92 Å². The van der Waals surface area contributed by atoms with Gasteiger partial charge >= 0.3 is 0 Å². The van der Waals surface area contributed by atoms with E-state index in [1.165, 1.54) is 29.8 Å². The molecule has 2 aliphatic heterocycles. The van der Waals surface area contributed by atoms with Crippen LogP contribution in [0, 0.1) is 11.7 Å². The van der Waals surface area contributed by atoms with Crippen molar-refractivity contribution in [3.05, 3.63) is 42.5 Å². The van der Waals surface area contributed by atoms with E-state index < -0.39 is 11.7 Å². The normalized spacial score (nSPS) is 19.8. The quantitative estimate of drug-likeness (QED) is 0.878. The first-order valence-electron chi connectivity index (χ1n) is 9.54. The Kier molecular flexibility index (Phi) is 5.18. The SMILES string of the molecule is O=C(Nc1cc(N2CCCCC2)ncn1)[C@H]1CC(=O)N(c2cccc(F)c2)C1. The Labute approximate surface area is 162 Å². The highest BCUT2D eigenvalue weighted by atomic mass is 19.1. The summed E-state index contributed by atoms with van der Waals surface area (Å²) in [6, 6.07) is 7.60. The van der Waals surface area contributed by atoms with Crippen LogP contribution in [-0.4, -0.2) is 41.4 Å². The average Bonchev–Trinajstić information content (AvgIpc) is 3.11. The van der Waals surface area contributed by atoms with E-state index in [0.717, 1.165) is 31.7 Å². The number of nitrogens with zero attached hydrogens (tertiary/aromatic N) is 4. The van der Waals surface area contributed by atoms with E-state index in [0.29, 0.717) is 11.5 Å². The molecule has 0 bridgehead atoms. The van der Waals surface area contributed by atoms with Gasteiger partial charge in [-0.3, -0.25) is 9.59 Å². The van der Waals surface area contributed by atoms with Crippen LogP contribution in [0.1, 0.15) is 25.7 Å². The van der Waals surface area contributed by atoms with Crippen LogP contribution in [0.2, 0.25) is 0 Å². The number of hydrogen-bond acceptors (Lipinski definition) is 5. The zero-order valence-corrected chi connectivity index (χ0v) is 15.5. The van der Waals surface area contributed by atoms with Crippen molar-refractivity contribution in [2.24, 2.45) is 5.92 Å². The van der Waals surface area contributed by atoms with Crippen LogP contribution in [-0.2, 0) is 9.59 Å². The molecule has 2 amide bonds. The molecule has 7 nitrogen and oxygen atoms in total. The number of carbonyl (C=O) groups excluding carboxylic acids is 2. The van der Waals surface area contributed by atoms with Crippen LogP contribution >= 0.6 is 0 Å². The Morgan fingerprint density at radius 1 is 1.14 bits per heavy atom. The minimum absolute atomic E-state index is 0.0897. The molecule has 0 radical (unpaired) electrons. The Bertz CT molecular complexity index is 884. The number of amides is 2. The highest BCUT2D eigenvalue weighted by Gasteiger charge is 2.35. The second-order valence-corrected chi connectivity index (χ2v) is 7.18. The largest absolute Gasteiger partial charge is 0.356 e. The first kappa shape index (κ1) is 18.3. The lowest BCUT2D eigenvalue weighted by atomic mass is 10.1. The maximum absolute atomic E-state index is 13.4. The van der Waals surface area contributed by atoms with Crippen LogP contribution < -0.4 is 15.1 Å². The molecule has 28 heavy (non-hydrogen) atoms. The Morgan fingerprint density at radius 3 is 2.75 bits per heavy atom. The summed E-state index contributed by atoms with van der Waals surface area (Å²) in [5, 5.41) is 2.80. The predicted molar refractivity (Wildman–Crippen MR) is 104 cm³/mol. The van der Waals surface area contributed by atoms with Gasteiger partial charge in [0.25, 0.3) is 0 Å². The second-order valence-electron chi connectivity index (χ2n) is 7.18. The fourth-order valence-electron chi connectivity index (χ4n) is 3.72. The smallest absolute Gasteiger partial charge is 0.230 e. The number of benzene rings is 1. The summed E-state index contributed by atoms with van der Waals surface area (Å²) in [6.45, 7) is 2.12. The molecule has 146 valence electrons. The molecule has 8 heteroatoms. The van der Waals surface area contributed by atoms with Gasteiger partial charge in [0, 0.05) is 37.8 Å². The molecule has 2 saturated heterocycles. The molecule has 1 atom stereocenters. The maximum Gasteiger partial charge on any atom is 0.230 e. The second kappa shape index (κ2) is 7.92. The lowest BCUT2D eigenvalue weighted by molar-refractivity contribution is -0.122. The highest BCUT2D eigenvalue weighted by molar-refractivity contribution is 6.03. The summed E-state index contributed by atoms with van der Waals surface area (Å²) >= 11 is 0. The molecule has 1 N–H and O–H groups in total. The molecular formula is C20H22FN5O2. The third-order valence-electron chi connectivity index (χ3n) is 5.20. The summed E-state index contributed by atoms with van der Waals surface area (Å²) < 4.78 is 13.4. The van der Waals surface area contributed by atoms with Gasteiger partial charge in [0.15, 0.2) is 0 Å². The van der Waals surface area contributed by atoms with E-state index in [4.69, 9.17) is 0 Å². The third-order valence-corrected chi connectivity index (χ3v) is 5.20. The number of anilines is 3. The number of rotatable bonds is 4. The first-order valence-corrected chi connectivity index (χ1v) is 9.54. The zero-order valence-electron chi connectivity index (χ0n) is 15.5. The molecule has 0 unspecified atom stereocenters. The number of piperidine rings is 1. The number of carbonyl (C=O) groups is 2. The van der Waals surface area contributed by atoms with Gasteiger partial charge < -0.3 is 15.1 Å². The molecule has 0 aliphatic carbocycles. The van der Waals surface area contributed by atoms with Gasteiger partial charge in [-0.1, -0.05) is 6.07 Å². The molecule has 4 rings (SSSR count). The molecule has 2 aliphatic rings. The molecule has 1 aromatic heterocycles.